The van der Waals surface area contributed by atoms with Gasteiger partial charge in [-0.05, 0) is 22.4 Å². The van der Waals surface area contributed by atoms with Gasteiger partial charge in [0.2, 0.25) is 11.7 Å². The van der Waals surface area contributed by atoms with Crippen molar-refractivity contribution in [3.05, 3.63) is 15.1 Å². The maximum atomic E-state index is 12.7. The maximum absolute atomic E-state index is 12.7. The van der Waals surface area contributed by atoms with E-state index in [0.717, 1.165) is 25.8 Å². The van der Waals surface area contributed by atoms with Gasteiger partial charge in [-0.15, -0.1) is 10.2 Å². The fraction of sp³-hybridized carbons (Fsp3) is 0.533. The Hall–Kier alpha value is -2.64. The molecule has 29 heavy (non-hydrogen) atoms. The number of unbranched alkanes of at least 4 members (excludes halogenated alkanes) is 2. The molecule has 0 fully saturated rings. The lowest BCUT2D eigenvalue weighted by Gasteiger charge is -2.11. The van der Waals surface area contributed by atoms with E-state index >= 15 is 0 Å². The summed E-state index contributed by atoms with van der Waals surface area (Å²) in [5.41, 5.74) is 0.876. The predicted octanol–water partition coefficient (Wildman–Crippen LogP) is 2.42. The minimum atomic E-state index is -5.08. The molecule has 160 valence electrons. The average molecular weight is 482 g/mol. The van der Waals surface area contributed by atoms with Gasteiger partial charge in [0.1, 0.15) is 0 Å². The highest BCUT2D eigenvalue weighted by molar-refractivity contribution is 9.10. The molecule has 3 aromatic heterocycles. The molecule has 3 heterocycles. The number of rotatable bonds is 5. The van der Waals surface area contributed by atoms with Crippen LogP contribution in [0.4, 0.5) is 19.1 Å². The van der Waals surface area contributed by atoms with Crippen LogP contribution in [-0.2, 0) is 11.3 Å². The van der Waals surface area contributed by atoms with Gasteiger partial charge in [-0.2, -0.15) is 13.2 Å². The number of aryl methyl sites for hydroxylation is 1. The van der Waals surface area contributed by atoms with Gasteiger partial charge in [-0.3, -0.25) is 9.36 Å². The highest BCUT2D eigenvalue weighted by Gasteiger charge is 2.38. The van der Waals surface area contributed by atoms with Crippen LogP contribution in [0.15, 0.2) is 9.53 Å². The summed E-state index contributed by atoms with van der Waals surface area (Å²) in [5.74, 6) is -1.72. The molecule has 0 spiro atoms. The van der Waals surface area contributed by atoms with Crippen LogP contribution < -0.4 is 10.5 Å². The van der Waals surface area contributed by atoms with Crippen molar-refractivity contribution in [2.24, 2.45) is 0 Å². The van der Waals surface area contributed by atoms with Crippen molar-refractivity contribution in [1.82, 2.24) is 29.1 Å². The van der Waals surface area contributed by atoms with E-state index in [-0.39, 0.29) is 5.56 Å². The molecule has 0 bridgehead atoms. The zero-order chi connectivity index (χ0) is 21.9. The van der Waals surface area contributed by atoms with Crippen molar-refractivity contribution in [3.8, 4) is 0 Å². The molecule has 3 rings (SSSR count). The molecule has 0 atom stereocenters. The quantitative estimate of drug-likeness (QED) is 0.423. The monoisotopic (exact) mass is 481 g/mol. The van der Waals surface area contributed by atoms with Crippen LogP contribution >= 0.6 is 15.9 Å². The molecule has 2 N–H and O–H groups in total. The number of halogens is 4. The third-order valence-electron chi connectivity index (χ3n) is 3.83. The normalized spacial score (nSPS) is 11.6. The lowest BCUT2D eigenvalue weighted by Crippen LogP contribution is -2.23. The molecular weight excluding hydrogens is 463 g/mol. The maximum Gasteiger partial charge on any atom is 0.490 e. The van der Waals surface area contributed by atoms with Gasteiger partial charge in [0, 0.05) is 20.6 Å². The van der Waals surface area contributed by atoms with E-state index in [9.17, 15) is 18.0 Å². The largest absolute Gasteiger partial charge is 0.490 e. The van der Waals surface area contributed by atoms with Gasteiger partial charge >= 0.3 is 12.1 Å². The number of carboxylic acids is 1. The number of aromatic nitrogens is 6. The van der Waals surface area contributed by atoms with Gasteiger partial charge in [0.15, 0.2) is 15.9 Å². The summed E-state index contributed by atoms with van der Waals surface area (Å²) in [4.78, 5) is 30.8. The summed E-state index contributed by atoms with van der Waals surface area (Å²) in [6.45, 7) is 2.90. The fourth-order valence-corrected chi connectivity index (χ4v) is 2.89. The standard InChI is InChI=1S/C13H18BrN7O.C2HF3O2/c1-4-5-6-7-20-9-8(15-11(14)16-9)10(22)21-12(19(2)3)17-18-13(20)21;3-2(4,5)1(6)7/h4-7H2,1-3H3,(H,15,16);(H,6,7). The molecule has 10 nitrogen and oxygen atoms in total. The Balaban J connectivity index is 0.000000370. The van der Waals surface area contributed by atoms with E-state index < -0.39 is 12.1 Å². The Labute approximate surface area is 170 Å². The van der Waals surface area contributed by atoms with Crippen LogP contribution in [0.3, 0.4) is 0 Å². The molecule has 0 saturated carbocycles. The second-order valence-corrected chi connectivity index (χ2v) is 6.97. The van der Waals surface area contributed by atoms with Gasteiger partial charge in [0.25, 0.3) is 5.56 Å². The lowest BCUT2D eigenvalue weighted by atomic mass is 10.2. The zero-order valence-electron chi connectivity index (χ0n) is 15.8. The Morgan fingerprint density at radius 2 is 1.90 bits per heavy atom. The number of aliphatic carboxylic acids is 1. The fourth-order valence-electron chi connectivity index (χ4n) is 2.53. The van der Waals surface area contributed by atoms with Crippen molar-refractivity contribution in [2.45, 2.75) is 38.9 Å². The van der Waals surface area contributed by atoms with Crippen LogP contribution in [0.25, 0.3) is 16.9 Å². The Bertz CT molecular complexity index is 1070. The smallest absolute Gasteiger partial charge is 0.475 e. The molecule has 0 aliphatic rings. The molecule has 0 aliphatic carbocycles. The second-order valence-electron chi connectivity index (χ2n) is 6.22. The van der Waals surface area contributed by atoms with Gasteiger partial charge in [-0.25, -0.2) is 14.2 Å². The molecule has 0 unspecified atom stereocenters. The van der Waals surface area contributed by atoms with E-state index in [1.54, 1.807) is 4.90 Å². The second kappa shape index (κ2) is 8.80. The molecule has 0 aliphatic heterocycles. The summed E-state index contributed by atoms with van der Waals surface area (Å²) in [6, 6.07) is 0. The summed E-state index contributed by atoms with van der Waals surface area (Å²) in [7, 11) is 3.68. The minimum absolute atomic E-state index is 0.191. The summed E-state index contributed by atoms with van der Waals surface area (Å²) >= 11 is 3.31. The van der Waals surface area contributed by atoms with Crippen LogP contribution in [0, 0.1) is 0 Å². The number of carbonyl (C=O) groups is 1. The van der Waals surface area contributed by atoms with Crippen molar-refractivity contribution < 1.29 is 23.1 Å². The topological polar surface area (TPSA) is 121 Å². The van der Waals surface area contributed by atoms with Crippen LogP contribution in [0.1, 0.15) is 26.2 Å². The predicted molar refractivity (Wildman–Crippen MR) is 102 cm³/mol. The van der Waals surface area contributed by atoms with E-state index in [0.29, 0.717) is 27.6 Å². The number of nitrogens with zero attached hydrogens (tertiary/aromatic N) is 6. The average Bonchev–Trinajstić information content (AvgIpc) is 3.22. The Kier molecular flexibility index (Phi) is 6.87. The Morgan fingerprint density at radius 3 is 2.41 bits per heavy atom. The number of nitrogens with one attached hydrogen (secondary N) is 1. The molecule has 0 amide bonds. The SMILES string of the molecule is CCCCCn1c2nc(Br)[nH]c2c(=O)n2c(N(C)C)nnc12.O=C(O)C(F)(F)F. The van der Waals surface area contributed by atoms with Crippen LogP contribution in [0.5, 0.6) is 0 Å². The number of imidazole rings is 1. The van der Waals surface area contributed by atoms with E-state index in [4.69, 9.17) is 9.90 Å². The summed E-state index contributed by atoms with van der Waals surface area (Å²) in [6.07, 6.45) is -1.85. The first-order valence-corrected chi connectivity index (χ1v) is 9.28. The number of hydrogen-bond acceptors (Lipinski definition) is 6. The Morgan fingerprint density at radius 1 is 1.28 bits per heavy atom. The minimum Gasteiger partial charge on any atom is -0.475 e. The van der Waals surface area contributed by atoms with Gasteiger partial charge < -0.3 is 15.0 Å². The molecule has 0 aromatic carbocycles. The van der Waals surface area contributed by atoms with Crippen molar-refractivity contribution in [1.29, 1.82) is 0 Å². The number of aromatic amines is 1. The summed E-state index contributed by atoms with van der Waals surface area (Å²) < 4.78 is 35.8. The third kappa shape index (κ3) is 4.86. The van der Waals surface area contributed by atoms with Crippen LogP contribution in [-0.4, -0.2) is 60.5 Å². The molecular formula is C15H19BrF3N7O3. The lowest BCUT2D eigenvalue weighted by molar-refractivity contribution is -0.192. The zero-order valence-corrected chi connectivity index (χ0v) is 17.4. The van der Waals surface area contributed by atoms with Crippen LogP contribution in [0.2, 0.25) is 0 Å². The number of carboxylic acid groups (broad SMARTS) is 1. The first-order chi connectivity index (χ1) is 13.5. The first-order valence-electron chi connectivity index (χ1n) is 8.49. The number of H-pyrrole nitrogens is 1. The van der Waals surface area contributed by atoms with Crippen molar-refractivity contribution in [3.63, 3.8) is 0 Å². The first kappa shape index (κ1) is 22.6. The van der Waals surface area contributed by atoms with Gasteiger partial charge in [0.05, 0.1) is 0 Å². The summed E-state index contributed by atoms with van der Waals surface area (Å²) in [5, 5.41) is 15.5. The van der Waals surface area contributed by atoms with Crippen molar-refractivity contribution in [2.75, 3.05) is 19.0 Å². The molecule has 3 aromatic rings. The number of alkyl halides is 3. The van der Waals surface area contributed by atoms with E-state index in [1.165, 1.54) is 4.40 Å². The number of hydrogen-bond donors (Lipinski definition) is 2. The molecule has 0 saturated heterocycles. The third-order valence-corrected chi connectivity index (χ3v) is 4.20. The molecule has 14 heteroatoms. The highest BCUT2D eigenvalue weighted by atomic mass is 79.9. The number of fused-ring (bicyclic) bond motifs is 2. The van der Waals surface area contributed by atoms with E-state index in [1.807, 2.05) is 18.7 Å². The van der Waals surface area contributed by atoms with Crippen molar-refractivity contribution >= 4 is 44.8 Å². The highest BCUT2D eigenvalue weighted by Crippen LogP contribution is 2.18. The number of anilines is 1. The molecule has 0 radical (unpaired) electrons. The van der Waals surface area contributed by atoms with E-state index in [2.05, 4.69) is 43.0 Å². The van der Waals surface area contributed by atoms with Gasteiger partial charge in [-0.1, -0.05) is 19.8 Å².